The van der Waals surface area contributed by atoms with Crippen LogP contribution in [0.4, 0.5) is 11.4 Å². The van der Waals surface area contributed by atoms with E-state index in [1.165, 1.54) is 25.7 Å². The average Bonchev–Trinajstić information content (AvgIpc) is 3.38. The molecule has 1 saturated carbocycles. The van der Waals surface area contributed by atoms with E-state index in [1.54, 1.807) is 7.11 Å². The Morgan fingerprint density at radius 3 is 2.24 bits per heavy atom. The highest BCUT2D eigenvalue weighted by molar-refractivity contribution is 5.90. The minimum atomic E-state index is 0.110. The van der Waals surface area contributed by atoms with Gasteiger partial charge in [0.05, 0.1) is 13.5 Å². The molecule has 0 spiro atoms. The van der Waals surface area contributed by atoms with Gasteiger partial charge in [-0.15, -0.1) is 0 Å². The Morgan fingerprint density at radius 2 is 1.61 bits per heavy atom. The average molecular weight is 450 g/mol. The van der Waals surface area contributed by atoms with E-state index in [4.69, 9.17) is 4.74 Å². The molecule has 6 heteroatoms. The summed E-state index contributed by atoms with van der Waals surface area (Å²) in [5.74, 6) is 1.81. The first-order valence-corrected chi connectivity index (χ1v) is 12.2. The number of amides is 2. The van der Waals surface area contributed by atoms with Crippen molar-refractivity contribution < 1.29 is 14.3 Å². The van der Waals surface area contributed by atoms with E-state index < -0.39 is 0 Å². The first kappa shape index (κ1) is 23.1. The lowest BCUT2D eigenvalue weighted by Gasteiger charge is -2.36. The Hall–Kier alpha value is -3.02. The smallest absolute Gasteiger partial charge is 0.227 e. The molecule has 1 saturated heterocycles. The zero-order chi connectivity index (χ0) is 23.0. The van der Waals surface area contributed by atoms with Gasteiger partial charge in [0.15, 0.2) is 0 Å². The van der Waals surface area contributed by atoms with Crippen LogP contribution in [0.2, 0.25) is 0 Å². The lowest BCUT2D eigenvalue weighted by atomic mass is 10.0. The third-order valence-corrected chi connectivity index (χ3v) is 6.92. The second-order valence-corrected chi connectivity index (χ2v) is 9.18. The van der Waals surface area contributed by atoms with Gasteiger partial charge in [-0.1, -0.05) is 37.8 Å². The van der Waals surface area contributed by atoms with Crippen LogP contribution in [0.15, 0.2) is 48.5 Å². The molecule has 0 bridgehead atoms. The molecule has 1 aliphatic carbocycles. The largest absolute Gasteiger partial charge is 0.497 e. The monoisotopic (exact) mass is 449 g/mol. The second kappa shape index (κ2) is 11.2. The molecule has 33 heavy (non-hydrogen) atoms. The van der Waals surface area contributed by atoms with E-state index in [2.05, 4.69) is 22.3 Å². The summed E-state index contributed by atoms with van der Waals surface area (Å²) in [5, 5.41) is 3.03. The lowest BCUT2D eigenvalue weighted by Crippen LogP contribution is -2.49. The Balaban J connectivity index is 1.21. The SMILES string of the molecule is COc1ccc(CC(=O)N2CCN(c3ccc(NC(=O)CCC4CCCC4)cc3)CC2)cc1. The van der Waals surface area contributed by atoms with E-state index in [9.17, 15) is 9.59 Å². The maximum absolute atomic E-state index is 12.7. The normalized spacial score (nSPS) is 16.6. The van der Waals surface area contributed by atoms with Crippen molar-refractivity contribution in [3.8, 4) is 5.75 Å². The fraction of sp³-hybridized carbons (Fsp3) is 0.481. The molecule has 2 aromatic rings. The molecule has 1 N–H and O–H groups in total. The molecule has 6 nitrogen and oxygen atoms in total. The summed E-state index contributed by atoms with van der Waals surface area (Å²) in [6, 6.07) is 15.7. The van der Waals surface area contributed by atoms with Gasteiger partial charge < -0.3 is 19.9 Å². The summed E-state index contributed by atoms with van der Waals surface area (Å²) < 4.78 is 5.18. The third kappa shape index (κ3) is 6.50. The summed E-state index contributed by atoms with van der Waals surface area (Å²) in [6.45, 7) is 3.05. The van der Waals surface area contributed by atoms with Gasteiger partial charge in [0, 0.05) is 44.0 Å². The lowest BCUT2D eigenvalue weighted by molar-refractivity contribution is -0.130. The van der Waals surface area contributed by atoms with Crippen molar-refractivity contribution in [2.75, 3.05) is 43.5 Å². The molecule has 0 atom stereocenters. The van der Waals surface area contributed by atoms with Gasteiger partial charge in [0.25, 0.3) is 0 Å². The van der Waals surface area contributed by atoms with Crippen molar-refractivity contribution in [3.63, 3.8) is 0 Å². The number of piperazine rings is 1. The molecule has 2 aromatic carbocycles. The van der Waals surface area contributed by atoms with Crippen molar-refractivity contribution in [1.29, 1.82) is 0 Å². The Bertz CT molecular complexity index is 913. The molecule has 1 heterocycles. The number of ether oxygens (including phenoxy) is 1. The maximum Gasteiger partial charge on any atom is 0.227 e. The van der Waals surface area contributed by atoms with Crippen LogP contribution in [0.3, 0.4) is 0 Å². The van der Waals surface area contributed by atoms with Crippen molar-refractivity contribution >= 4 is 23.2 Å². The molecule has 2 fully saturated rings. The fourth-order valence-electron chi connectivity index (χ4n) is 4.86. The molecule has 2 aliphatic rings. The number of carbonyl (C=O) groups excluding carboxylic acids is 2. The molecular formula is C27H35N3O3. The number of benzene rings is 2. The summed E-state index contributed by atoms with van der Waals surface area (Å²) >= 11 is 0. The number of rotatable bonds is 8. The first-order chi connectivity index (χ1) is 16.1. The Morgan fingerprint density at radius 1 is 0.939 bits per heavy atom. The van der Waals surface area contributed by atoms with Crippen LogP contribution in [0.5, 0.6) is 5.75 Å². The Kier molecular flexibility index (Phi) is 7.87. The van der Waals surface area contributed by atoms with Gasteiger partial charge >= 0.3 is 0 Å². The van der Waals surface area contributed by atoms with E-state index in [0.29, 0.717) is 25.9 Å². The van der Waals surface area contributed by atoms with Crippen LogP contribution in [0.1, 0.15) is 44.1 Å². The molecular weight excluding hydrogens is 414 g/mol. The van der Waals surface area contributed by atoms with Gasteiger partial charge in [-0.05, 0) is 54.3 Å². The second-order valence-electron chi connectivity index (χ2n) is 9.18. The van der Waals surface area contributed by atoms with Crippen LogP contribution in [-0.4, -0.2) is 50.0 Å². The highest BCUT2D eigenvalue weighted by atomic mass is 16.5. The summed E-state index contributed by atoms with van der Waals surface area (Å²) in [4.78, 5) is 29.2. The van der Waals surface area contributed by atoms with E-state index in [1.807, 2.05) is 41.3 Å². The van der Waals surface area contributed by atoms with E-state index >= 15 is 0 Å². The quantitative estimate of drug-likeness (QED) is 0.645. The molecule has 0 radical (unpaired) electrons. The van der Waals surface area contributed by atoms with Gasteiger partial charge in [-0.25, -0.2) is 0 Å². The molecule has 176 valence electrons. The third-order valence-electron chi connectivity index (χ3n) is 6.92. The number of carbonyl (C=O) groups is 2. The van der Waals surface area contributed by atoms with Gasteiger partial charge in [-0.2, -0.15) is 0 Å². The van der Waals surface area contributed by atoms with Crippen LogP contribution >= 0.6 is 0 Å². The highest BCUT2D eigenvalue weighted by Crippen LogP contribution is 2.28. The summed E-state index contributed by atoms with van der Waals surface area (Å²) in [5.41, 5.74) is 2.98. The van der Waals surface area contributed by atoms with E-state index in [-0.39, 0.29) is 11.8 Å². The van der Waals surface area contributed by atoms with Crippen molar-refractivity contribution in [2.45, 2.75) is 44.9 Å². The van der Waals surface area contributed by atoms with Gasteiger partial charge in [0.1, 0.15) is 5.75 Å². The number of methoxy groups -OCH3 is 1. The van der Waals surface area contributed by atoms with Gasteiger partial charge in [0.2, 0.25) is 11.8 Å². The van der Waals surface area contributed by atoms with Crippen molar-refractivity contribution in [3.05, 3.63) is 54.1 Å². The van der Waals surface area contributed by atoms with Crippen molar-refractivity contribution in [2.24, 2.45) is 5.92 Å². The van der Waals surface area contributed by atoms with Crippen LogP contribution in [0.25, 0.3) is 0 Å². The zero-order valence-corrected chi connectivity index (χ0v) is 19.6. The predicted molar refractivity (Wildman–Crippen MR) is 132 cm³/mol. The summed E-state index contributed by atoms with van der Waals surface area (Å²) in [7, 11) is 1.64. The van der Waals surface area contributed by atoms with Gasteiger partial charge in [-0.3, -0.25) is 9.59 Å². The minimum Gasteiger partial charge on any atom is -0.497 e. The molecule has 4 rings (SSSR count). The number of nitrogens with zero attached hydrogens (tertiary/aromatic N) is 2. The highest BCUT2D eigenvalue weighted by Gasteiger charge is 2.21. The van der Waals surface area contributed by atoms with Crippen LogP contribution < -0.4 is 15.0 Å². The summed E-state index contributed by atoms with van der Waals surface area (Å²) in [6.07, 6.45) is 7.23. The Labute approximate surface area is 196 Å². The predicted octanol–water partition coefficient (Wildman–Crippen LogP) is 4.50. The maximum atomic E-state index is 12.7. The number of nitrogens with one attached hydrogen (secondary N) is 1. The van der Waals surface area contributed by atoms with Crippen LogP contribution in [0, 0.1) is 5.92 Å². The van der Waals surface area contributed by atoms with E-state index in [0.717, 1.165) is 48.1 Å². The first-order valence-electron chi connectivity index (χ1n) is 12.2. The minimum absolute atomic E-state index is 0.110. The zero-order valence-electron chi connectivity index (χ0n) is 19.6. The standard InChI is InChI=1S/C27H35N3O3/c1-33-25-13-6-22(7-14-25)20-27(32)30-18-16-29(17-19-30)24-11-9-23(10-12-24)28-26(31)15-8-21-4-2-3-5-21/h6-7,9-14,21H,2-5,8,15-20H2,1H3,(H,28,31). The topological polar surface area (TPSA) is 61.9 Å². The molecule has 2 amide bonds. The molecule has 1 aliphatic heterocycles. The molecule has 0 unspecified atom stereocenters. The van der Waals surface area contributed by atoms with Crippen molar-refractivity contribution in [1.82, 2.24) is 4.90 Å². The fourth-order valence-corrected chi connectivity index (χ4v) is 4.86. The molecule has 0 aromatic heterocycles. The number of hydrogen-bond acceptors (Lipinski definition) is 4. The van der Waals surface area contributed by atoms with Crippen LogP contribution in [-0.2, 0) is 16.0 Å². The number of hydrogen-bond donors (Lipinski definition) is 1. The number of anilines is 2.